The van der Waals surface area contributed by atoms with Gasteiger partial charge in [-0.25, -0.2) is 0 Å². The summed E-state index contributed by atoms with van der Waals surface area (Å²) < 4.78 is 5.82. The first-order chi connectivity index (χ1) is 14.0. The number of aliphatic hydroxyl groups is 1. The van der Waals surface area contributed by atoms with Crippen molar-refractivity contribution < 1.29 is 14.6 Å². The number of carbonyl (C=O) groups excluding carboxylic acids is 1. The molecule has 0 saturated carbocycles. The van der Waals surface area contributed by atoms with E-state index in [1.54, 1.807) is 12.1 Å². The van der Waals surface area contributed by atoms with Crippen LogP contribution in [0.5, 0.6) is 5.75 Å². The number of hydrogen-bond donors (Lipinski definition) is 3. The highest BCUT2D eigenvalue weighted by molar-refractivity contribution is 6.05. The topological polar surface area (TPSA) is 70.6 Å². The highest BCUT2D eigenvalue weighted by Gasteiger charge is 2.27. The Kier molecular flexibility index (Phi) is 5.34. The van der Waals surface area contributed by atoms with Crippen LogP contribution < -0.4 is 15.4 Å². The Morgan fingerprint density at radius 2 is 1.90 bits per heavy atom. The Hall–Kier alpha value is -3.15. The summed E-state index contributed by atoms with van der Waals surface area (Å²) in [4.78, 5) is 12.6. The van der Waals surface area contributed by atoms with E-state index in [2.05, 4.69) is 10.6 Å². The summed E-state index contributed by atoms with van der Waals surface area (Å²) in [6.07, 6.45) is -0.735. The number of hydrogen-bond acceptors (Lipinski definition) is 4. The standard InChI is InChI=1S/C24H24N2O3/c1-15(2)29-18-10-6-9-17(13-18)19-11-12-21(22-20(19)14-25-24(22)28)26-23(27)16-7-4-3-5-8-16/h3-13,15,24-25,28H,14H2,1-2H3,(H,26,27). The lowest BCUT2D eigenvalue weighted by Crippen LogP contribution is -2.16. The predicted octanol–water partition coefficient (Wildman–Crippen LogP) is 4.49. The lowest BCUT2D eigenvalue weighted by atomic mass is 9.95. The molecule has 4 rings (SSSR count). The minimum absolute atomic E-state index is 0.0926. The van der Waals surface area contributed by atoms with Gasteiger partial charge in [0.15, 0.2) is 0 Å². The molecule has 29 heavy (non-hydrogen) atoms. The van der Waals surface area contributed by atoms with Gasteiger partial charge in [0.1, 0.15) is 12.0 Å². The van der Waals surface area contributed by atoms with Crippen LogP contribution in [0, 0.1) is 0 Å². The summed E-state index contributed by atoms with van der Waals surface area (Å²) in [7, 11) is 0. The molecule has 0 fully saturated rings. The molecule has 1 aliphatic heterocycles. The van der Waals surface area contributed by atoms with Crippen molar-refractivity contribution in [2.45, 2.75) is 32.7 Å². The van der Waals surface area contributed by atoms with Crippen LogP contribution >= 0.6 is 0 Å². The van der Waals surface area contributed by atoms with E-state index in [9.17, 15) is 9.90 Å². The molecule has 0 aromatic heterocycles. The molecule has 0 spiro atoms. The SMILES string of the molecule is CC(C)Oc1cccc(-c2ccc(NC(=O)c3ccccc3)c3c2CNC3O)c1. The highest BCUT2D eigenvalue weighted by atomic mass is 16.5. The van der Waals surface area contributed by atoms with Crippen LogP contribution in [-0.2, 0) is 6.54 Å². The lowest BCUT2D eigenvalue weighted by Gasteiger charge is -2.16. The number of carbonyl (C=O) groups is 1. The first-order valence-electron chi connectivity index (χ1n) is 9.73. The van der Waals surface area contributed by atoms with Crippen molar-refractivity contribution >= 4 is 11.6 Å². The average Bonchev–Trinajstić information content (AvgIpc) is 3.11. The Balaban J connectivity index is 1.70. The number of anilines is 1. The monoisotopic (exact) mass is 388 g/mol. The maximum atomic E-state index is 12.6. The smallest absolute Gasteiger partial charge is 0.255 e. The van der Waals surface area contributed by atoms with E-state index in [0.29, 0.717) is 23.4 Å². The van der Waals surface area contributed by atoms with Crippen molar-refractivity contribution in [3.63, 3.8) is 0 Å². The van der Waals surface area contributed by atoms with E-state index >= 15 is 0 Å². The van der Waals surface area contributed by atoms with Crippen LogP contribution in [0.1, 0.15) is 41.6 Å². The van der Waals surface area contributed by atoms with Crippen LogP contribution in [0.25, 0.3) is 11.1 Å². The molecule has 0 saturated heterocycles. The van der Waals surface area contributed by atoms with Gasteiger partial charge in [0.05, 0.1) is 6.10 Å². The van der Waals surface area contributed by atoms with Crippen molar-refractivity contribution in [3.8, 4) is 16.9 Å². The van der Waals surface area contributed by atoms with Crippen molar-refractivity contribution in [2.24, 2.45) is 0 Å². The normalized spacial score (nSPS) is 15.2. The summed E-state index contributed by atoms with van der Waals surface area (Å²) in [5, 5.41) is 16.5. The van der Waals surface area contributed by atoms with Gasteiger partial charge in [0, 0.05) is 23.4 Å². The fourth-order valence-corrected chi connectivity index (χ4v) is 3.64. The molecule has 5 heteroatoms. The zero-order valence-electron chi connectivity index (χ0n) is 16.5. The molecular weight excluding hydrogens is 364 g/mol. The van der Waals surface area contributed by atoms with E-state index < -0.39 is 6.23 Å². The van der Waals surface area contributed by atoms with Gasteiger partial charge < -0.3 is 15.2 Å². The van der Waals surface area contributed by atoms with Gasteiger partial charge in [0.2, 0.25) is 0 Å². The van der Waals surface area contributed by atoms with Crippen molar-refractivity contribution in [2.75, 3.05) is 5.32 Å². The number of nitrogens with one attached hydrogen (secondary N) is 2. The zero-order chi connectivity index (χ0) is 20.4. The average molecular weight is 388 g/mol. The van der Waals surface area contributed by atoms with Gasteiger partial charge in [-0.1, -0.05) is 36.4 Å². The largest absolute Gasteiger partial charge is 0.491 e. The number of amides is 1. The molecule has 0 bridgehead atoms. The maximum Gasteiger partial charge on any atom is 0.255 e. The van der Waals surface area contributed by atoms with E-state index in [-0.39, 0.29) is 12.0 Å². The molecule has 1 unspecified atom stereocenters. The van der Waals surface area contributed by atoms with Gasteiger partial charge in [-0.15, -0.1) is 0 Å². The van der Waals surface area contributed by atoms with E-state index in [1.165, 1.54) is 0 Å². The molecule has 1 amide bonds. The fraction of sp³-hybridized carbons (Fsp3) is 0.208. The number of ether oxygens (including phenoxy) is 1. The van der Waals surface area contributed by atoms with Crippen LogP contribution in [0.3, 0.4) is 0 Å². The number of aliphatic hydroxyl groups excluding tert-OH is 1. The Bertz CT molecular complexity index is 1030. The Morgan fingerprint density at radius 3 is 2.66 bits per heavy atom. The molecule has 1 heterocycles. The number of benzene rings is 3. The van der Waals surface area contributed by atoms with Crippen LogP contribution in [-0.4, -0.2) is 17.1 Å². The van der Waals surface area contributed by atoms with Gasteiger partial charge in [-0.05, 0) is 60.9 Å². The molecule has 148 valence electrons. The summed E-state index contributed by atoms with van der Waals surface area (Å²) in [5.74, 6) is 0.603. The molecule has 0 radical (unpaired) electrons. The second-order valence-corrected chi connectivity index (χ2v) is 7.35. The second-order valence-electron chi connectivity index (χ2n) is 7.35. The van der Waals surface area contributed by atoms with Gasteiger partial charge in [0.25, 0.3) is 5.91 Å². The van der Waals surface area contributed by atoms with Crippen molar-refractivity contribution in [1.29, 1.82) is 0 Å². The summed E-state index contributed by atoms with van der Waals surface area (Å²) in [6.45, 7) is 4.51. The number of rotatable bonds is 5. The molecule has 1 aliphatic rings. The van der Waals surface area contributed by atoms with Crippen LogP contribution in [0.2, 0.25) is 0 Å². The predicted molar refractivity (Wildman–Crippen MR) is 114 cm³/mol. The molecule has 0 aliphatic carbocycles. The molecule has 3 N–H and O–H groups in total. The Morgan fingerprint density at radius 1 is 1.10 bits per heavy atom. The molecule has 1 atom stereocenters. The Labute approximate surface area is 170 Å². The third kappa shape index (κ3) is 4.01. The van der Waals surface area contributed by atoms with Crippen molar-refractivity contribution in [1.82, 2.24) is 5.32 Å². The molecule has 3 aromatic carbocycles. The lowest BCUT2D eigenvalue weighted by molar-refractivity contribution is 0.102. The van der Waals surface area contributed by atoms with Crippen molar-refractivity contribution in [3.05, 3.63) is 83.4 Å². The summed E-state index contributed by atoms with van der Waals surface area (Å²) in [5.41, 5.74) is 4.90. The zero-order valence-corrected chi connectivity index (χ0v) is 16.5. The summed E-state index contributed by atoms with van der Waals surface area (Å²) in [6, 6.07) is 20.8. The highest BCUT2D eigenvalue weighted by Crippen LogP contribution is 2.38. The quantitative estimate of drug-likeness (QED) is 0.602. The van der Waals surface area contributed by atoms with Crippen LogP contribution in [0.4, 0.5) is 5.69 Å². The fourth-order valence-electron chi connectivity index (χ4n) is 3.64. The van der Waals surface area contributed by atoms with E-state index in [1.807, 2.05) is 68.4 Å². The third-order valence-corrected chi connectivity index (χ3v) is 4.90. The number of fused-ring (bicyclic) bond motifs is 1. The third-order valence-electron chi connectivity index (χ3n) is 4.90. The summed E-state index contributed by atoms with van der Waals surface area (Å²) >= 11 is 0. The van der Waals surface area contributed by atoms with E-state index in [4.69, 9.17) is 4.74 Å². The van der Waals surface area contributed by atoms with Gasteiger partial charge >= 0.3 is 0 Å². The minimum Gasteiger partial charge on any atom is -0.491 e. The molecule has 5 nitrogen and oxygen atoms in total. The maximum absolute atomic E-state index is 12.6. The van der Waals surface area contributed by atoms with Gasteiger partial charge in [-0.3, -0.25) is 10.1 Å². The second kappa shape index (κ2) is 8.07. The molecular formula is C24H24N2O3. The molecule has 3 aromatic rings. The van der Waals surface area contributed by atoms with Crippen LogP contribution in [0.15, 0.2) is 66.7 Å². The minimum atomic E-state index is -0.828. The van der Waals surface area contributed by atoms with Gasteiger partial charge in [-0.2, -0.15) is 0 Å². The van der Waals surface area contributed by atoms with E-state index in [0.717, 1.165) is 22.4 Å². The first-order valence-corrected chi connectivity index (χ1v) is 9.73. The first kappa shape index (κ1) is 19.2.